The van der Waals surface area contributed by atoms with E-state index in [-0.39, 0.29) is 18.1 Å². The average Bonchev–Trinajstić information content (AvgIpc) is 2.61. The average molecular weight is 371 g/mol. The second-order valence-electron chi connectivity index (χ2n) is 5.98. The van der Waals surface area contributed by atoms with Crippen molar-refractivity contribution in [2.24, 2.45) is 10.7 Å². The minimum absolute atomic E-state index is 0.00358. The number of hydrogen-bond acceptors (Lipinski definition) is 4. The number of rotatable bonds is 5. The number of amidine groups is 1. The molecule has 0 saturated carbocycles. The molecule has 5 nitrogen and oxygen atoms in total. The highest BCUT2D eigenvalue weighted by Gasteiger charge is 2.38. The van der Waals surface area contributed by atoms with Crippen molar-refractivity contribution >= 4 is 28.8 Å². The van der Waals surface area contributed by atoms with Gasteiger partial charge in [-0.15, -0.1) is 0 Å². The standard InChI is InChI=1S/C19H16F3N5/c1-11-2-7-14-15(10-11)25-18(27-17(14)26-16(24)8-9-23)19(21,22)12-3-5-13(20)6-4-12/h2-7,9-10,23H,8H2,1H3,(H2,24,25,26,27). The molecule has 3 N–H and O–H groups in total. The van der Waals surface area contributed by atoms with E-state index in [1.807, 2.05) is 6.92 Å². The van der Waals surface area contributed by atoms with Crippen LogP contribution in [0.25, 0.3) is 10.9 Å². The van der Waals surface area contributed by atoms with Gasteiger partial charge >= 0.3 is 5.92 Å². The van der Waals surface area contributed by atoms with Gasteiger partial charge in [0.15, 0.2) is 5.82 Å². The lowest BCUT2D eigenvalue weighted by Gasteiger charge is -2.16. The van der Waals surface area contributed by atoms with Crippen LogP contribution in [0.1, 0.15) is 23.4 Å². The van der Waals surface area contributed by atoms with Crippen molar-refractivity contribution in [3.05, 3.63) is 65.2 Å². The summed E-state index contributed by atoms with van der Waals surface area (Å²) in [6.45, 7) is 1.81. The minimum atomic E-state index is -3.55. The molecule has 0 aliphatic carbocycles. The van der Waals surface area contributed by atoms with Gasteiger partial charge in [-0.3, -0.25) is 0 Å². The topological polar surface area (TPSA) is 88.0 Å². The molecule has 138 valence electrons. The van der Waals surface area contributed by atoms with Gasteiger partial charge in [0, 0.05) is 23.6 Å². The predicted octanol–water partition coefficient (Wildman–Crippen LogP) is 4.25. The lowest BCUT2D eigenvalue weighted by molar-refractivity contribution is 0.0332. The fourth-order valence-electron chi connectivity index (χ4n) is 2.52. The smallest absolute Gasteiger partial charge is 0.331 e. The number of nitrogens with two attached hydrogens (primary N) is 1. The highest BCUT2D eigenvalue weighted by molar-refractivity contribution is 5.96. The third-order valence-electron chi connectivity index (χ3n) is 3.88. The molecule has 0 spiro atoms. The van der Waals surface area contributed by atoms with Gasteiger partial charge in [0.05, 0.1) is 5.52 Å². The van der Waals surface area contributed by atoms with Gasteiger partial charge in [0.25, 0.3) is 0 Å². The summed E-state index contributed by atoms with van der Waals surface area (Å²) in [7, 11) is 0. The van der Waals surface area contributed by atoms with Gasteiger partial charge in [-0.2, -0.15) is 8.78 Å². The molecule has 0 aliphatic rings. The van der Waals surface area contributed by atoms with Crippen LogP contribution in [0.4, 0.5) is 19.0 Å². The molecule has 0 unspecified atom stereocenters. The molecule has 0 radical (unpaired) electrons. The van der Waals surface area contributed by atoms with Crippen molar-refractivity contribution < 1.29 is 13.2 Å². The van der Waals surface area contributed by atoms with Crippen molar-refractivity contribution in [2.45, 2.75) is 19.3 Å². The Hall–Kier alpha value is -3.29. The minimum Gasteiger partial charge on any atom is -0.387 e. The van der Waals surface area contributed by atoms with Crippen molar-refractivity contribution in [1.82, 2.24) is 9.97 Å². The number of halogens is 3. The van der Waals surface area contributed by atoms with Gasteiger partial charge in [-0.25, -0.2) is 19.4 Å². The first-order valence-corrected chi connectivity index (χ1v) is 8.06. The van der Waals surface area contributed by atoms with Crippen LogP contribution >= 0.6 is 0 Å². The van der Waals surface area contributed by atoms with Gasteiger partial charge in [0.2, 0.25) is 5.82 Å². The van der Waals surface area contributed by atoms with Crippen molar-refractivity contribution in [1.29, 1.82) is 5.41 Å². The van der Waals surface area contributed by atoms with Crippen LogP contribution in [0.5, 0.6) is 0 Å². The van der Waals surface area contributed by atoms with E-state index < -0.39 is 23.1 Å². The zero-order valence-corrected chi connectivity index (χ0v) is 14.4. The first-order chi connectivity index (χ1) is 12.8. The molecule has 8 heteroatoms. The van der Waals surface area contributed by atoms with Crippen molar-refractivity contribution in [2.75, 3.05) is 0 Å². The highest BCUT2D eigenvalue weighted by atomic mass is 19.3. The second kappa shape index (κ2) is 7.14. The molecular formula is C19H16F3N5. The van der Waals surface area contributed by atoms with Crippen molar-refractivity contribution in [3.63, 3.8) is 0 Å². The number of aromatic nitrogens is 2. The first kappa shape index (κ1) is 18.5. The lowest BCUT2D eigenvalue weighted by atomic mass is 10.1. The van der Waals surface area contributed by atoms with Crippen LogP contribution in [0.2, 0.25) is 0 Å². The number of fused-ring (bicyclic) bond motifs is 1. The molecule has 0 aliphatic heterocycles. The number of hydrogen-bond donors (Lipinski definition) is 2. The molecule has 3 aromatic rings. The molecular weight excluding hydrogens is 355 g/mol. The van der Waals surface area contributed by atoms with E-state index in [4.69, 9.17) is 11.1 Å². The summed E-state index contributed by atoms with van der Waals surface area (Å²) in [5, 5.41) is 7.56. The van der Waals surface area contributed by atoms with Crippen LogP contribution in [0, 0.1) is 18.2 Å². The monoisotopic (exact) mass is 371 g/mol. The number of nitrogens with one attached hydrogen (secondary N) is 1. The number of benzene rings is 2. The fraction of sp³-hybridized carbons (Fsp3) is 0.158. The zero-order chi connectivity index (χ0) is 19.6. The van der Waals surface area contributed by atoms with Crippen LogP contribution in [-0.4, -0.2) is 22.0 Å². The molecule has 0 fully saturated rings. The molecule has 0 atom stereocenters. The van der Waals surface area contributed by atoms with Crippen LogP contribution < -0.4 is 5.73 Å². The molecule has 27 heavy (non-hydrogen) atoms. The van der Waals surface area contributed by atoms with E-state index in [9.17, 15) is 13.2 Å². The summed E-state index contributed by atoms with van der Waals surface area (Å²) < 4.78 is 43.0. The summed E-state index contributed by atoms with van der Waals surface area (Å²) >= 11 is 0. The highest BCUT2D eigenvalue weighted by Crippen LogP contribution is 2.36. The Morgan fingerprint density at radius 3 is 2.56 bits per heavy atom. The van der Waals surface area contributed by atoms with E-state index in [1.165, 1.54) is 0 Å². The molecule has 3 rings (SSSR count). The normalized spacial score (nSPS) is 12.4. The Morgan fingerprint density at radius 1 is 1.19 bits per heavy atom. The SMILES string of the molecule is Cc1ccc2c(N=C(N)CC=N)nc(C(F)(F)c3ccc(F)cc3)nc2c1. The molecule has 0 amide bonds. The van der Waals surface area contributed by atoms with E-state index in [1.54, 1.807) is 18.2 Å². The molecule has 2 aromatic carbocycles. The van der Waals surface area contributed by atoms with Gasteiger partial charge in [-0.1, -0.05) is 6.07 Å². The Labute approximate surface area is 153 Å². The maximum atomic E-state index is 15.0. The van der Waals surface area contributed by atoms with Gasteiger partial charge in [-0.05, 0) is 48.9 Å². The molecule has 0 bridgehead atoms. The maximum absolute atomic E-state index is 15.0. The number of nitrogens with zero attached hydrogens (tertiary/aromatic N) is 3. The Balaban J connectivity index is 2.22. The fourth-order valence-corrected chi connectivity index (χ4v) is 2.52. The third-order valence-corrected chi connectivity index (χ3v) is 3.88. The van der Waals surface area contributed by atoms with Crippen molar-refractivity contribution in [3.8, 4) is 0 Å². The maximum Gasteiger partial charge on any atom is 0.331 e. The quantitative estimate of drug-likeness (QED) is 0.519. The zero-order valence-electron chi connectivity index (χ0n) is 14.4. The second-order valence-corrected chi connectivity index (χ2v) is 5.98. The molecule has 0 saturated heterocycles. The van der Waals surface area contributed by atoms with E-state index in [2.05, 4.69) is 15.0 Å². The van der Waals surface area contributed by atoms with E-state index >= 15 is 0 Å². The summed E-state index contributed by atoms with van der Waals surface area (Å²) in [5.74, 6) is -4.85. The lowest BCUT2D eigenvalue weighted by Crippen LogP contribution is -2.19. The Bertz CT molecular complexity index is 1030. The van der Waals surface area contributed by atoms with Crippen LogP contribution in [0.3, 0.4) is 0 Å². The Morgan fingerprint density at radius 2 is 1.89 bits per heavy atom. The summed E-state index contributed by atoms with van der Waals surface area (Å²) in [5.41, 5.74) is 6.43. The van der Waals surface area contributed by atoms with E-state index in [0.717, 1.165) is 36.0 Å². The van der Waals surface area contributed by atoms with Crippen LogP contribution in [0.15, 0.2) is 47.5 Å². The van der Waals surface area contributed by atoms with E-state index in [0.29, 0.717) is 10.9 Å². The largest absolute Gasteiger partial charge is 0.387 e. The first-order valence-electron chi connectivity index (χ1n) is 8.06. The Kier molecular flexibility index (Phi) is 4.89. The predicted molar refractivity (Wildman–Crippen MR) is 98.4 cm³/mol. The number of aryl methyl sites for hydroxylation is 1. The van der Waals surface area contributed by atoms with Gasteiger partial charge in [0.1, 0.15) is 11.7 Å². The molecule has 1 heterocycles. The number of aliphatic imine (C=N–C) groups is 1. The number of alkyl halides is 2. The summed E-state index contributed by atoms with van der Waals surface area (Å²) in [6.07, 6.45) is 1.13. The van der Waals surface area contributed by atoms with Crippen LogP contribution in [-0.2, 0) is 5.92 Å². The molecule has 1 aromatic heterocycles. The third kappa shape index (κ3) is 3.79. The summed E-state index contributed by atoms with van der Waals surface area (Å²) in [4.78, 5) is 12.0. The van der Waals surface area contributed by atoms with Gasteiger partial charge < -0.3 is 11.1 Å². The summed E-state index contributed by atoms with van der Waals surface area (Å²) in [6, 6.07) is 9.01.